The number of rotatable bonds is 18. The number of methoxy groups -OCH3 is 1. The van der Waals surface area contributed by atoms with Crippen LogP contribution in [0.15, 0.2) is 89.8 Å². The molecule has 0 bridgehead atoms. The highest BCUT2D eigenvalue weighted by atomic mass is 32.2. The number of nitrogens with zero attached hydrogens (tertiary/aromatic N) is 1. The van der Waals surface area contributed by atoms with Gasteiger partial charge in [-0.2, -0.15) is 4.31 Å². The molecule has 0 saturated heterocycles. The van der Waals surface area contributed by atoms with Crippen molar-refractivity contribution in [2.75, 3.05) is 32.6 Å². The number of anilines is 1. The van der Waals surface area contributed by atoms with Crippen LogP contribution in [0.2, 0.25) is 0 Å². The van der Waals surface area contributed by atoms with Gasteiger partial charge in [0.15, 0.2) is 0 Å². The predicted octanol–water partition coefficient (Wildman–Crippen LogP) is 3.87. The van der Waals surface area contributed by atoms with E-state index in [0.29, 0.717) is 24.9 Å². The third-order valence-electron chi connectivity index (χ3n) is 8.08. The standard InChI is InChI=1S/C35H48N4O7S/c1-25(2)21-22-39(47(44,45)31-19-17-28(36)18-20-31)30(24-41)16-10-15-29(23-40)37-34(42)33(38-35(43)46-3)32(26-11-6-4-7-12-26)27-13-8-5-9-14-27/h4-9,11-14,17-20,25,29-30,32-33,40-41H,10,15-16,21-24,36H2,1-3H3,(H,37,42)(H,38,43)/t29-,30-,33-/m0/s1. The first-order valence-electron chi connectivity index (χ1n) is 15.9. The van der Waals surface area contributed by atoms with Gasteiger partial charge in [-0.1, -0.05) is 74.5 Å². The zero-order valence-corrected chi connectivity index (χ0v) is 28.1. The van der Waals surface area contributed by atoms with Crippen LogP contribution in [0, 0.1) is 5.92 Å². The summed E-state index contributed by atoms with van der Waals surface area (Å²) >= 11 is 0. The summed E-state index contributed by atoms with van der Waals surface area (Å²) in [5.41, 5.74) is 7.81. The van der Waals surface area contributed by atoms with Crippen molar-refractivity contribution in [3.63, 3.8) is 0 Å². The Morgan fingerprint density at radius 1 is 0.830 bits per heavy atom. The van der Waals surface area contributed by atoms with E-state index in [0.717, 1.165) is 11.1 Å². The third kappa shape index (κ3) is 10.8. The van der Waals surface area contributed by atoms with Gasteiger partial charge in [-0.05, 0) is 67.0 Å². The molecule has 0 heterocycles. The molecule has 3 atom stereocenters. The highest BCUT2D eigenvalue weighted by Gasteiger charge is 2.34. The number of aliphatic hydroxyl groups excluding tert-OH is 2. The average Bonchev–Trinajstić information content (AvgIpc) is 3.07. The van der Waals surface area contributed by atoms with E-state index in [4.69, 9.17) is 10.5 Å². The molecule has 3 aromatic rings. The first-order chi connectivity index (χ1) is 22.5. The summed E-state index contributed by atoms with van der Waals surface area (Å²) in [4.78, 5) is 26.4. The molecule has 0 aliphatic carbocycles. The number of sulfonamides is 1. The maximum atomic E-state index is 13.8. The largest absolute Gasteiger partial charge is 0.453 e. The van der Waals surface area contributed by atoms with Crippen molar-refractivity contribution >= 4 is 27.7 Å². The molecule has 0 unspecified atom stereocenters. The number of carbonyl (C=O) groups is 2. The molecule has 256 valence electrons. The highest BCUT2D eigenvalue weighted by molar-refractivity contribution is 7.89. The quantitative estimate of drug-likeness (QED) is 0.127. The van der Waals surface area contributed by atoms with Crippen LogP contribution >= 0.6 is 0 Å². The number of alkyl carbamates (subject to hydrolysis) is 1. The van der Waals surface area contributed by atoms with Crippen molar-refractivity contribution < 1.29 is 33.0 Å². The van der Waals surface area contributed by atoms with Gasteiger partial charge in [-0.15, -0.1) is 0 Å². The lowest BCUT2D eigenvalue weighted by Crippen LogP contribution is -2.53. The SMILES string of the molecule is COC(=O)N[C@H](C(=O)N[C@H](CO)CCC[C@@H](CO)N(CCC(C)C)S(=O)(=O)c1ccc(N)cc1)C(c1ccccc1)c1ccccc1. The lowest BCUT2D eigenvalue weighted by molar-refractivity contribution is -0.124. The van der Waals surface area contributed by atoms with Crippen molar-refractivity contribution in [1.82, 2.24) is 14.9 Å². The summed E-state index contributed by atoms with van der Waals surface area (Å²) in [5.74, 6) is -0.854. The highest BCUT2D eigenvalue weighted by Crippen LogP contribution is 2.29. The molecular weight excluding hydrogens is 620 g/mol. The minimum Gasteiger partial charge on any atom is -0.453 e. The Bertz CT molecular complexity index is 1450. The first kappa shape index (κ1) is 37.5. The van der Waals surface area contributed by atoms with Gasteiger partial charge in [-0.3, -0.25) is 4.79 Å². The fourth-order valence-corrected chi connectivity index (χ4v) is 7.13. The smallest absolute Gasteiger partial charge is 0.407 e. The van der Waals surface area contributed by atoms with Crippen molar-refractivity contribution in [2.45, 2.75) is 68.5 Å². The number of nitrogens with two attached hydrogens (primary N) is 1. The number of amides is 2. The fourth-order valence-electron chi connectivity index (χ4n) is 5.47. The van der Waals surface area contributed by atoms with Crippen LogP contribution < -0.4 is 16.4 Å². The number of benzene rings is 3. The van der Waals surface area contributed by atoms with Gasteiger partial charge in [-0.25, -0.2) is 13.2 Å². The summed E-state index contributed by atoms with van der Waals surface area (Å²) in [5, 5.41) is 26.1. The van der Waals surface area contributed by atoms with Crippen molar-refractivity contribution in [3.8, 4) is 0 Å². The van der Waals surface area contributed by atoms with Crippen LogP contribution in [0.3, 0.4) is 0 Å². The van der Waals surface area contributed by atoms with Gasteiger partial charge in [0, 0.05) is 24.2 Å². The molecule has 0 fully saturated rings. The molecule has 6 N–H and O–H groups in total. The van der Waals surface area contributed by atoms with Crippen LogP contribution in [0.5, 0.6) is 0 Å². The van der Waals surface area contributed by atoms with Gasteiger partial charge >= 0.3 is 6.09 Å². The van der Waals surface area contributed by atoms with Gasteiger partial charge in [0.25, 0.3) is 0 Å². The summed E-state index contributed by atoms with van der Waals surface area (Å²) < 4.78 is 33.5. The molecule has 0 aromatic heterocycles. The van der Waals surface area contributed by atoms with Crippen LogP contribution in [0.4, 0.5) is 10.5 Å². The molecule has 2 amide bonds. The number of hydrogen-bond donors (Lipinski definition) is 5. The topological polar surface area (TPSA) is 171 Å². The molecule has 3 rings (SSSR count). The van der Waals surface area contributed by atoms with Gasteiger partial charge in [0.2, 0.25) is 15.9 Å². The number of nitrogens with one attached hydrogen (secondary N) is 2. The minimum atomic E-state index is -3.94. The molecule has 12 heteroatoms. The van der Waals surface area contributed by atoms with Gasteiger partial charge in [0.1, 0.15) is 6.04 Å². The zero-order valence-electron chi connectivity index (χ0n) is 27.3. The van der Waals surface area contributed by atoms with E-state index in [1.54, 1.807) is 0 Å². The lowest BCUT2D eigenvalue weighted by atomic mass is 9.84. The molecular formula is C35H48N4O7S. The van der Waals surface area contributed by atoms with E-state index < -0.39 is 52.7 Å². The Labute approximate surface area is 278 Å². The Morgan fingerprint density at radius 3 is 1.89 bits per heavy atom. The predicted molar refractivity (Wildman–Crippen MR) is 182 cm³/mol. The van der Waals surface area contributed by atoms with E-state index in [1.807, 2.05) is 74.5 Å². The zero-order chi connectivity index (χ0) is 34.4. The Balaban J connectivity index is 1.79. The molecule has 0 spiro atoms. The lowest BCUT2D eigenvalue weighted by Gasteiger charge is -2.31. The normalized spacial score (nSPS) is 13.7. The van der Waals surface area contributed by atoms with Crippen molar-refractivity contribution in [3.05, 3.63) is 96.1 Å². The fraction of sp³-hybridized carbons (Fsp3) is 0.429. The van der Waals surface area contributed by atoms with Crippen molar-refractivity contribution in [1.29, 1.82) is 0 Å². The number of carbonyl (C=O) groups excluding carboxylic acids is 2. The van der Waals surface area contributed by atoms with Crippen LogP contribution in [0.25, 0.3) is 0 Å². The van der Waals surface area contributed by atoms with Crippen LogP contribution in [0.1, 0.15) is 56.6 Å². The Hall–Kier alpha value is -3.97. The third-order valence-corrected chi connectivity index (χ3v) is 10.0. The van der Waals surface area contributed by atoms with E-state index in [2.05, 4.69) is 10.6 Å². The van der Waals surface area contributed by atoms with E-state index in [9.17, 15) is 28.2 Å². The van der Waals surface area contributed by atoms with Gasteiger partial charge in [0.05, 0.1) is 31.3 Å². The molecule has 3 aromatic carbocycles. The summed E-state index contributed by atoms with van der Waals surface area (Å²) in [6.45, 7) is 3.43. The second kappa shape index (κ2) is 18.4. The molecule has 11 nitrogen and oxygen atoms in total. The maximum absolute atomic E-state index is 13.8. The molecule has 0 radical (unpaired) electrons. The minimum absolute atomic E-state index is 0.0879. The molecule has 0 saturated carbocycles. The van der Waals surface area contributed by atoms with E-state index >= 15 is 0 Å². The maximum Gasteiger partial charge on any atom is 0.407 e. The average molecular weight is 669 g/mol. The monoisotopic (exact) mass is 668 g/mol. The Morgan fingerprint density at radius 2 is 1.40 bits per heavy atom. The second-order valence-electron chi connectivity index (χ2n) is 11.9. The molecule has 47 heavy (non-hydrogen) atoms. The van der Waals surface area contributed by atoms with Crippen molar-refractivity contribution in [2.24, 2.45) is 5.92 Å². The molecule has 0 aliphatic rings. The van der Waals surface area contributed by atoms with Crippen LogP contribution in [-0.4, -0.2) is 79.9 Å². The number of ether oxygens (including phenoxy) is 1. The summed E-state index contributed by atoms with van der Waals surface area (Å²) in [6.07, 6.45) is 0.790. The second-order valence-corrected chi connectivity index (χ2v) is 13.8. The van der Waals surface area contributed by atoms with E-state index in [1.165, 1.54) is 35.7 Å². The number of hydrogen-bond acceptors (Lipinski definition) is 8. The molecule has 0 aliphatic heterocycles. The summed E-state index contributed by atoms with van der Waals surface area (Å²) in [6, 6.07) is 22.1. The van der Waals surface area contributed by atoms with Gasteiger partial charge < -0.3 is 31.3 Å². The van der Waals surface area contributed by atoms with Crippen LogP contribution in [-0.2, 0) is 19.6 Å². The van der Waals surface area contributed by atoms with E-state index in [-0.39, 0.29) is 30.4 Å². The number of nitrogen functional groups attached to an aromatic ring is 1. The Kier molecular flexibility index (Phi) is 14.7. The number of aliphatic hydroxyl groups is 2. The first-order valence-corrected chi connectivity index (χ1v) is 17.3. The summed E-state index contributed by atoms with van der Waals surface area (Å²) in [7, 11) is -2.72.